The number of carbonyl (C=O) groups excluding carboxylic acids is 1. The van der Waals surface area contributed by atoms with Crippen LogP contribution in [0.25, 0.3) is 10.8 Å². The van der Waals surface area contributed by atoms with Crippen LogP contribution in [0.1, 0.15) is 17.3 Å². The van der Waals surface area contributed by atoms with Crippen molar-refractivity contribution in [1.82, 2.24) is 5.32 Å². The van der Waals surface area contributed by atoms with E-state index in [0.717, 1.165) is 10.8 Å². The van der Waals surface area contributed by atoms with Gasteiger partial charge in [-0.1, -0.05) is 30.3 Å². The van der Waals surface area contributed by atoms with Crippen molar-refractivity contribution < 1.29 is 4.79 Å². The largest absolute Gasteiger partial charge is 0.272 e. The molecule has 0 saturated heterocycles. The molecule has 0 aliphatic rings. The van der Waals surface area contributed by atoms with Crippen molar-refractivity contribution in [3.63, 3.8) is 0 Å². The van der Waals surface area contributed by atoms with Gasteiger partial charge in [-0.15, -0.1) is 0 Å². The predicted octanol–water partition coefficient (Wildman–Crippen LogP) is 2.60. The van der Waals surface area contributed by atoms with Crippen molar-refractivity contribution in [3.05, 3.63) is 48.0 Å². The highest BCUT2D eigenvalue weighted by Gasteiger charge is 2.05. The molecule has 2 nitrogen and oxygen atoms in total. The SMILES string of the molecule is CC[N]C(=O)c1ccc2ccccc2c1. The zero-order chi connectivity index (χ0) is 10.7. The van der Waals surface area contributed by atoms with Gasteiger partial charge >= 0.3 is 0 Å². The Bertz CT molecular complexity index is 491. The summed E-state index contributed by atoms with van der Waals surface area (Å²) in [5, 5.41) is 6.09. The van der Waals surface area contributed by atoms with Crippen molar-refractivity contribution in [1.29, 1.82) is 0 Å². The Labute approximate surface area is 88.9 Å². The second-order valence-electron chi connectivity index (χ2n) is 3.34. The van der Waals surface area contributed by atoms with E-state index < -0.39 is 0 Å². The fourth-order valence-electron chi connectivity index (χ4n) is 1.56. The minimum absolute atomic E-state index is 0.136. The van der Waals surface area contributed by atoms with E-state index in [-0.39, 0.29) is 5.91 Å². The summed E-state index contributed by atoms with van der Waals surface area (Å²) in [5.74, 6) is -0.136. The molecule has 75 valence electrons. The van der Waals surface area contributed by atoms with E-state index in [4.69, 9.17) is 0 Å². The van der Waals surface area contributed by atoms with E-state index in [1.807, 2.05) is 49.4 Å². The molecule has 0 unspecified atom stereocenters. The molecule has 0 saturated carbocycles. The lowest BCUT2D eigenvalue weighted by molar-refractivity contribution is 0.0951. The van der Waals surface area contributed by atoms with Gasteiger partial charge < -0.3 is 0 Å². The Balaban J connectivity index is 2.42. The van der Waals surface area contributed by atoms with E-state index in [1.54, 1.807) is 0 Å². The number of hydrogen-bond donors (Lipinski definition) is 0. The van der Waals surface area contributed by atoms with E-state index in [9.17, 15) is 4.79 Å². The Morgan fingerprint density at radius 3 is 2.60 bits per heavy atom. The fourth-order valence-corrected chi connectivity index (χ4v) is 1.56. The molecule has 2 aromatic rings. The molecule has 0 spiro atoms. The highest BCUT2D eigenvalue weighted by molar-refractivity contribution is 5.98. The average molecular weight is 198 g/mol. The van der Waals surface area contributed by atoms with Gasteiger partial charge in [0, 0.05) is 12.1 Å². The first-order valence-electron chi connectivity index (χ1n) is 5.02. The number of carbonyl (C=O) groups is 1. The second kappa shape index (κ2) is 4.13. The van der Waals surface area contributed by atoms with Crippen LogP contribution in [-0.2, 0) is 0 Å². The molecule has 0 aromatic heterocycles. The van der Waals surface area contributed by atoms with Gasteiger partial charge in [-0.3, -0.25) is 4.79 Å². The van der Waals surface area contributed by atoms with Gasteiger partial charge in [0.05, 0.1) is 0 Å². The molecule has 0 aliphatic carbocycles. The molecule has 0 aliphatic heterocycles. The van der Waals surface area contributed by atoms with Gasteiger partial charge in [-0.2, -0.15) is 0 Å². The van der Waals surface area contributed by atoms with Crippen LogP contribution in [0, 0.1) is 0 Å². The number of benzene rings is 2. The van der Waals surface area contributed by atoms with Gasteiger partial charge in [0.25, 0.3) is 5.91 Å². The highest BCUT2D eigenvalue weighted by atomic mass is 16.1. The van der Waals surface area contributed by atoms with Crippen LogP contribution in [0.4, 0.5) is 0 Å². The van der Waals surface area contributed by atoms with E-state index >= 15 is 0 Å². The van der Waals surface area contributed by atoms with Gasteiger partial charge in [-0.25, -0.2) is 5.32 Å². The van der Waals surface area contributed by atoms with Gasteiger partial charge in [0.15, 0.2) is 0 Å². The average Bonchev–Trinajstić information content (AvgIpc) is 2.29. The number of rotatable bonds is 2. The zero-order valence-electron chi connectivity index (χ0n) is 8.60. The maximum absolute atomic E-state index is 11.5. The highest BCUT2D eigenvalue weighted by Crippen LogP contribution is 2.15. The van der Waals surface area contributed by atoms with Crippen LogP contribution in [0.2, 0.25) is 0 Å². The number of hydrogen-bond acceptors (Lipinski definition) is 1. The molecule has 0 heterocycles. The number of fused-ring (bicyclic) bond motifs is 1. The molecule has 0 bridgehead atoms. The third kappa shape index (κ3) is 1.99. The van der Waals surface area contributed by atoms with Crippen LogP contribution in [0.15, 0.2) is 42.5 Å². The molecule has 15 heavy (non-hydrogen) atoms. The number of nitrogens with zero attached hydrogens (tertiary/aromatic N) is 1. The maximum Gasteiger partial charge on any atom is 0.272 e. The first-order valence-corrected chi connectivity index (χ1v) is 5.02. The minimum Gasteiger partial charge on any atom is -0.267 e. The lowest BCUT2D eigenvalue weighted by Gasteiger charge is -2.01. The van der Waals surface area contributed by atoms with Gasteiger partial charge in [0.1, 0.15) is 0 Å². The van der Waals surface area contributed by atoms with Crippen LogP contribution >= 0.6 is 0 Å². The quantitative estimate of drug-likeness (QED) is 0.729. The summed E-state index contributed by atoms with van der Waals surface area (Å²) in [7, 11) is 0. The smallest absolute Gasteiger partial charge is 0.267 e. The molecule has 0 atom stereocenters. The summed E-state index contributed by atoms with van der Waals surface area (Å²) in [6, 6.07) is 13.6. The third-order valence-corrected chi connectivity index (χ3v) is 2.30. The van der Waals surface area contributed by atoms with Crippen molar-refractivity contribution >= 4 is 16.7 Å². The first-order chi connectivity index (χ1) is 7.31. The van der Waals surface area contributed by atoms with Crippen molar-refractivity contribution in [2.24, 2.45) is 0 Å². The van der Waals surface area contributed by atoms with E-state index in [1.165, 1.54) is 0 Å². The Kier molecular flexibility index (Phi) is 2.68. The van der Waals surface area contributed by atoms with Crippen LogP contribution in [0.3, 0.4) is 0 Å². The summed E-state index contributed by atoms with van der Waals surface area (Å²) in [6.07, 6.45) is 0. The molecular formula is C13H12NO. The zero-order valence-corrected chi connectivity index (χ0v) is 8.60. The molecule has 1 radical (unpaired) electrons. The maximum atomic E-state index is 11.5. The summed E-state index contributed by atoms with van der Waals surface area (Å²) < 4.78 is 0. The van der Waals surface area contributed by atoms with E-state index in [2.05, 4.69) is 5.32 Å². The molecule has 2 aromatic carbocycles. The fraction of sp³-hybridized carbons (Fsp3) is 0.154. The summed E-state index contributed by atoms with van der Waals surface area (Å²) >= 11 is 0. The lowest BCUT2D eigenvalue weighted by atomic mass is 10.1. The molecule has 2 rings (SSSR count). The van der Waals surface area contributed by atoms with Gasteiger partial charge in [0.2, 0.25) is 0 Å². The molecule has 1 amide bonds. The predicted molar refractivity (Wildman–Crippen MR) is 61.0 cm³/mol. The molecule has 0 N–H and O–H groups in total. The molecular weight excluding hydrogens is 186 g/mol. The van der Waals surface area contributed by atoms with Crippen LogP contribution in [-0.4, -0.2) is 12.5 Å². The van der Waals surface area contributed by atoms with Crippen molar-refractivity contribution in [2.75, 3.05) is 6.54 Å². The normalized spacial score (nSPS) is 10.2. The Morgan fingerprint density at radius 1 is 1.13 bits per heavy atom. The van der Waals surface area contributed by atoms with Gasteiger partial charge in [-0.05, 0) is 29.8 Å². The lowest BCUT2D eigenvalue weighted by Crippen LogP contribution is -2.14. The Morgan fingerprint density at radius 2 is 1.87 bits per heavy atom. The monoisotopic (exact) mass is 198 g/mol. The topological polar surface area (TPSA) is 31.2 Å². The van der Waals surface area contributed by atoms with E-state index in [0.29, 0.717) is 12.1 Å². The van der Waals surface area contributed by atoms with Crippen molar-refractivity contribution in [2.45, 2.75) is 6.92 Å². The Hall–Kier alpha value is -1.83. The second-order valence-corrected chi connectivity index (χ2v) is 3.34. The number of amides is 1. The van der Waals surface area contributed by atoms with Crippen LogP contribution < -0.4 is 5.32 Å². The first kappa shape index (κ1) is 9.71. The standard InChI is InChI=1S/C13H12NO/c1-2-14-13(15)12-8-7-10-5-3-4-6-11(10)9-12/h3-9H,2H2,1H3. The van der Waals surface area contributed by atoms with Crippen molar-refractivity contribution in [3.8, 4) is 0 Å². The van der Waals surface area contributed by atoms with Crippen LogP contribution in [0.5, 0.6) is 0 Å². The molecule has 2 heteroatoms. The summed E-state index contributed by atoms with van der Waals surface area (Å²) in [4.78, 5) is 11.5. The summed E-state index contributed by atoms with van der Waals surface area (Å²) in [6.45, 7) is 2.39. The third-order valence-electron chi connectivity index (χ3n) is 2.30. The minimum atomic E-state index is -0.136. The summed E-state index contributed by atoms with van der Waals surface area (Å²) in [5.41, 5.74) is 0.663. The molecule has 0 fully saturated rings.